The molecule has 2 heterocycles. The van der Waals surface area contributed by atoms with E-state index in [1.54, 1.807) is 0 Å². The molecule has 0 radical (unpaired) electrons. The Kier molecular flexibility index (Phi) is 7.50. The fraction of sp³-hybridized carbons (Fsp3) is 0.364. The molecular weight excluding hydrogens is 432 g/mol. The van der Waals surface area contributed by atoms with Crippen LogP contribution in [0.25, 0.3) is 11.1 Å². The summed E-state index contributed by atoms with van der Waals surface area (Å²) >= 11 is 2.65. The van der Waals surface area contributed by atoms with Gasteiger partial charge in [-0.05, 0) is 38.3 Å². The summed E-state index contributed by atoms with van der Waals surface area (Å²) in [5, 5.41) is 14.2. The third-order valence-electron chi connectivity index (χ3n) is 4.80. The van der Waals surface area contributed by atoms with Crippen molar-refractivity contribution in [2.24, 2.45) is 0 Å². The Morgan fingerprint density at radius 2 is 1.97 bits per heavy atom. The molecular formula is C22H26N4O3S2. The van der Waals surface area contributed by atoms with Gasteiger partial charge in [-0.3, -0.25) is 4.79 Å². The second kappa shape index (κ2) is 10.1. The summed E-state index contributed by atoms with van der Waals surface area (Å²) in [5.74, 6) is 0.305. The van der Waals surface area contributed by atoms with Crippen LogP contribution in [0.2, 0.25) is 0 Å². The van der Waals surface area contributed by atoms with Crippen LogP contribution in [-0.4, -0.2) is 39.5 Å². The summed E-state index contributed by atoms with van der Waals surface area (Å²) < 4.78 is 7.01. The molecule has 7 nitrogen and oxygen atoms in total. The Labute approximate surface area is 190 Å². The van der Waals surface area contributed by atoms with Gasteiger partial charge in [0.05, 0.1) is 12.9 Å². The van der Waals surface area contributed by atoms with Crippen LogP contribution in [0.5, 0.6) is 0 Å². The lowest BCUT2D eigenvalue weighted by molar-refractivity contribution is -0.113. The monoisotopic (exact) mass is 458 g/mol. The van der Waals surface area contributed by atoms with E-state index in [0.717, 1.165) is 41.0 Å². The fourth-order valence-corrected chi connectivity index (χ4v) is 5.00. The van der Waals surface area contributed by atoms with Crippen molar-refractivity contribution in [3.63, 3.8) is 0 Å². The molecule has 0 aliphatic heterocycles. The van der Waals surface area contributed by atoms with Crippen LogP contribution in [0.1, 0.15) is 40.7 Å². The van der Waals surface area contributed by atoms with E-state index in [2.05, 4.69) is 22.4 Å². The molecule has 0 aliphatic rings. The SMILES string of the molecule is CCCn1c(C)nnc1SCC(=O)Nc1scc(-c2cc(C)ccc2C)c1C(=O)OC. The first-order chi connectivity index (χ1) is 14.8. The quantitative estimate of drug-likeness (QED) is 0.383. The van der Waals surface area contributed by atoms with Crippen molar-refractivity contribution in [3.8, 4) is 11.1 Å². The van der Waals surface area contributed by atoms with Crippen LogP contribution < -0.4 is 5.32 Å². The number of amides is 1. The maximum absolute atomic E-state index is 12.7. The highest BCUT2D eigenvalue weighted by molar-refractivity contribution is 7.99. The number of hydrogen-bond acceptors (Lipinski definition) is 7. The van der Waals surface area contributed by atoms with E-state index in [1.807, 2.05) is 48.9 Å². The maximum atomic E-state index is 12.7. The number of aromatic nitrogens is 3. The molecule has 31 heavy (non-hydrogen) atoms. The van der Waals surface area contributed by atoms with Gasteiger partial charge in [-0.1, -0.05) is 42.4 Å². The highest BCUT2D eigenvalue weighted by Crippen LogP contribution is 2.38. The van der Waals surface area contributed by atoms with E-state index >= 15 is 0 Å². The number of anilines is 1. The molecule has 0 bridgehead atoms. The van der Waals surface area contributed by atoms with Gasteiger partial charge in [-0.2, -0.15) is 0 Å². The molecule has 164 valence electrons. The third kappa shape index (κ3) is 5.16. The predicted molar refractivity (Wildman–Crippen MR) is 125 cm³/mol. The Morgan fingerprint density at radius 1 is 1.19 bits per heavy atom. The number of nitrogens with one attached hydrogen (secondary N) is 1. The molecule has 0 spiro atoms. The first-order valence-electron chi connectivity index (χ1n) is 9.95. The van der Waals surface area contributed by atoms with Crippen LogP contribution in [0.3, 0.4) is 0 Å². The highest BCUT2D eigenvalue weighted by atomic mass is 32.2. The smallest absolute Gasteiger partial charge is 0.341 e. The Balaban J connectivity index is 1.81. The number of carbonyl (C=O) groups excluding carboxylic acids is 2. The van der Waals surface area contributed by atoms with Crippen molar-refractivity contribution in [1.82, 2.24) is 14.8 Å². The number of nitrogens with zero attached hydrogens (tertiary/aromatic N) is 3. The predicted octanol–water partition coefficient (Wildman–Crippen LogP) is 4.86. The van der Waals surface area contributed by atoms with Gasteiger partial charge in [0.2, 0.25) is 5.91 Å². The minimum atomic E-state index is -0.474. The summed E-state index contributed by atoms with van der Waals surface area (Å²) in [4.78, 5) is 25.2. The maximum Gasteiger partial charge on any atom is 0.341 e. The molecule has 0 unspecified atom stereocenters. The summed E-state index contributed by atoms with van der Waals surface area (Å²) in [5.41, 5.74) is 4.24. The Morgan fingerprint density at radius 3 is 2.68 bits per heavy atom. The molecule has 1 aromatic carbocycles. The molecule has 3 aromatic rings. The second-order valence-corrected chi connectivity index (χ2v) is 9.00. The summed E-state index contributed by atoms with van der Waals surface area (Å²) in [6.07, 6.45) is 0.956. The molecule has 2 aromatic heterocycles. The first kappa shape index (κ1) is 23.0. The molecule has 1 amide bonds. The van der Waals surface area contributed by atoms with Crippen molar-refractivity contribution < 1.29 is 14.3 Å². The van der Waals surface area contributed by atoms with Crippen molar-refractivity contribution in [3.05, 3.63) is 46.1 Å². The average Bonchev–Trinajstić information content (AvgIpc) is 3.31. The molecule has 0 fully saturated rings. The van der Waals surface area contributed by atoms with Crippen LogP contribution >= 0.6 is 23.1 Å². The normalized spacial score (nSPS) is 10.9. The van der Waals surface area contributed by atoms with Crippen LogP contribution in [0.4, 0.5) is 5.00 Å². The van der Waals surface area contributed by atoms with Gasteiger partial charge >= 0.3 is 5.97 Å². The van der Waals surface area contributed by atoms with E-state index in [9.17, 15) is 9.59 Å². The second-order valence-electron chi connectivity index (χ2n) is 7.18. The fourth-order valence-electron chi connectivity index (χ4n) is 3.22. The van der Waals surface area contributed by atoms with Crippen molar-refractivity contribution in [2.45, 2.75) is 45.8 Å². The van der Waals surface area contributed by atoms with Gasteiger partial charge in [-0.15, -0.1) is 21.5 Å². The number of thiophene rings is 1. The summed E-state index contributed by atoms with van der Waals surface area (Å²) in [7, 11) is 1.34. The number of benzene rings is 1. The molecule has 0 atom stereocenters. The van der Waals surface area contributed by atoms with Gasteiger partial charge in [0.15, 0.2) is 5.16 Å². The zero-order valence-corrected chi connectivity index (χ0v) is 19.9. The number of methoxy groups -OCH3 is 1. The van der Waals surface area contributed by atoms with Crippen LogP contribution in [-0.2, 0) is 16.1 Å². The van der Waals surface area contributed by atoms with Gasteiger partial charge in [0.25, 0.3) is 0 Å². The summed E-state index contributed by atoms with van der Waals surface area (Å²) in [6, 6.07) is 6.09. The third-order valence-corrected chi connectivity index (χ3v) is 6.66. The molecule has 0 saturated carbocycles. The molecule has 9 heteroatoms. The highest BCUT2D eigenvalue weighted by Gasteiger charge is 2.23. The van der Waals surface area contributed by atoms with Gasteiger partial charge < -0.3 is 14.6 Å². The number of esters is 1. The number of rotatable bonds is 8. The minimum Gasteiger partial charge on any atom is -0.465 e. The largest absolute Gasteiger partial charge is 0.465 e. The van der Waals surface area contributed by atoms with Gasteiger partial charge in [-0.25, -0.2) is 4.79 Å². The average molecular weight is 459 g/mol. The molecule has 3 rings (SSSR count). The number of aryl methyl sites for hydroxylation is 3. The van der Waals surface area contributed by atoms with Crippen LogP contribution in [0, 0.1) is 20.8 Å². The van der Waals surface area contributed by atoms with Crippen molar-refractivity contribution in [2.75, 3.05) is 18.2 Å². The lowest BCUT2D eigenvalue weighted by atomic mass is 9.97. The van der Waals surface area contributed by atoms with Crippen LogP contribution in [0.15, 0.2) is 28.7 Å². The van der Waals surface area contributed by atoms with Crippen molar-refractivity contribution in [1.29, 1.82) is 0 Å². The molecule has 0 saturated heterocycles. The first-order valence-corrected chi connectivity index (χ1v) is 11.8. The lowest BCUT2D eigenvalue weighted by Gasteiger charge is -2.10. The van der Waals surface area contributed by atoms with Gasteiger partial charge in [0, 0.05) is 17.5 Å². The molecule has 1 N–H and O–H groups in total. The van der Waals surface area contributed by atoms with E-state index in [1.165, 1.54) is 30.2 Å². The Hall–Kier alpha value is -2.65. The lowest BCUT2D eigenvalue weighted by Crippen LogP contribution is -2.16. The van der Waals surface area contributed by atoms with E-state index in [-0.39, 0.29) is 11.7 Å². The number of hydrogen-bond donors (Lipinski definition) is 1. The number of ether oxygens (including phenoxy) is 1. The van der Waals surface area contributed by atoms with Crippen molar-refractivity contribution >= 4 is 40.0 Å². The Bertz CT molecular complexity index is 1100. The van der Waals surface area contributed by atoms with E-state index < -0.39 is 5.97 Å². The zero-order valence-electron chi connectivity index (χ0n) is 18.3. The van der Waals surface area contributed by atoms with E-state index in [0.29, 0.717) is 15.7 Å². The number of thioether (sulfide) groups is 1. The summed E-state index contributed by atoms with van der Waals surface area (Å²) in [6.45, 7) is 8.79. The standard InChI is InChI=1S/C22H26N4O3S2/c1-6-9-26-15(4)24-25-22(26)31-12-18(27)23-20-19(21(28)29-5)17(11-30-20)16-10-13(2)7-8-14(16)3/h7-8,10-11H,6,9,12H2,1-5H3,(H,23,27). The zero-order chi connectivity index (χ0) is 22.5. The van der Waals surface area contributed by atoms with Gasteiger partial charge in [0.1, 0.15) is 16.4 Å². The molecule has 0 aliphatic carbocycles. The number of carbonyl (C=O) groups is 2. The minimum absolute atomic E-state index is 0.166. The topological polar surface area (TPSA) is 86.1 Å². The van der Waals surface area contributed by atoms with E-state index in [4.69, 9.17) is 4.74 Å².